The first-order valence-electron chi connectivity index (χ1n) is 9.59. The van der Waals surface area contributed by atoms with Crippen LogP contribution < -0.4 is 5.73 Å². The maximum atomic E-state index is 13.3. The highest BCUT2D eigenvalue weighted by Gasteiger charge is 2.43. The van der Waals surface area contributed by atoms with Crippen molar-refractivity contribution in [2.24, 2.45) is 5.73 Å². The monoisotopic (exact) mass is 361 g/mol. The predicted octanol–water partition coefficient (Wildman–Crippen LogP) is 1.93. The number of fused-ring (bicyclic) bond motifs is 2. The molecule has 138 valence electrons. The maximum absolute atomic E-state index is 13.3. The summed E-state index contributed by atoms with van der Waals surface area (Å²) in [4.78, 5) is 15.3. The Morgan fingerprint density at radius 1 is 1.07 bits per heavy atom. The molecule has 3 heterocycles. The lowest BCUT2D eigenvalue weighted by Crippen LogP contribution is -2.57. The first-order chi connectivity index (χ1) is 13.1. The molecule has 1 aromatic carbocycles. The number of hydrogen-bond donors (Lipinski definition) is 1. The second-order valence-corrected chi connectivity index (χ2v) is 7.86. The van der Waals surface area contributed by atoms with Crippen molar-refractivity contribution in [3.05, 3.63) is 65.6 Å². The number of carbonyl (C=O) groups is 1. The molecule has 1 unspecified atom stereocenters. The van der Waals surface area contributed by atoms with Crippen LogP contribution in [0.3, 0.4) is 0 Å². The Morgan fingerprint density at radius 3 is 2.59 bits per heavy atom. The van der Waals surface area contributed by atoms with Crippen LogP contribution in [0.4, 0.5) is 0 Å². The standard InChI is InChI=1S/C21H23N5O/c22-21(12-15-6-1-2-7-16(15)13-21)20(27)25-10-5-8-17(14-25)19-24-23-18-9-3-4-11-26(18)19/h1-4,6-7,9,11,17H,5,8,10,12-14,22H2. The highest BCUT2D eigenvalue weighted by Crippen LogP contribution is 2.32. The Labute approximate surface area is 158 Å². The summed E-state index contributed by atoms with van der Waals surface area (Å²) in [5, 5.41) is 8.67. The summed E-state index contributed by atoms with van der Waals surface area (Å²) in [6.45, 7) is 1.42. The molecule has 5 rings (SSSR count). The Morgan fingerprint density at radius 2 is 1.81 bits per heavy atom. The molecule has 2 aliphatic rings. The number of hydrogen-bond acceptors (Lipinski definition) is 4. The molecule has 3 aromatic rings. The van der Waals surface area contributed by atoms with Gasteiger partial charge in [0.2, 0.25) is 5.91 Å². The van der Waals surface area contributed by atoms with E-state index in [-0.39, 0.29) is 11.8 Å². The second-order valence-electron chi connectivity index (χ2n) is 7.86. The van der Waals surface area contributed by atoms with Gasteiger partial charge in [-0.05, 0) is 48.9 Å². The minimum Gasteiger partial charge on any atom is -0.340 e. The van der Waals surface area contributed by atoms with Crippen LogP contribution in [0.15, 0.2) is 48.7 Å². The third-order valence-electron chi connectivity index (χ3n) is 5.97. The topological polar surface area (TPSA) is 76.5 Å². The van der Waals surface area contributed by atoms with Crippen LogP contribution in [0.1, 0.15) is 35.7 Å². The van der Waals surface area contributed by atoms with Gasteiger partial charge in [0.25, 0.3) is 0 Å². The van der Waals surface area contributed by atoms with Crippen LogP contribution in [0, 0.1) is 0 Å². The molecule has 0 bridgehead atoms. The summed E-state index contributed by atoms with van der Waals surface area (Å²) >= 11 is 0. The summed E-state index contributed by atoms with van der Waals surface area (Å²) in [6, 6.07) is 14.1. The summed E-state index contributed by atoms with van der Waals surface area (Å²) in [7, 11) is 0. The number of aromatic nitrogens is 3. The van der Waals surface area contributed by atoms with Crippen LogP contribution >= 0.6 is 0 Å². The van der Waals surface area contributed by atoms with E-state index in [0.717, 1.165) is 30.9 Å². The minimum atomic E-state index is -0.821. The van der Waals surface area contributed by atoms with Gasteiger partial charge in [0.05, 0.1) is 0 Å². The average molecular weight is 361 g/mol. The molecule has 0 radical (unpaired) electrons. The molecule has 6 nitrogen and oxygen atoms in total. The zero-order chi connectivity index (χ0) is 18.4. The number of carbonyl (C=O) groups excluding carboxylic acids is 1. The van der Waals surface area contributed by atoms with E-state index in [4.69, 9.17) is 5.73 Å². The first kappa shape index (κ1) is 16.4. The highest BCUT2D eigenvalue weighted by molar-refractivity contribution is 5.88. The Bertz CT molecular complexity index is 985. The summed E-state index contributed by atoms with van der Waals surface area (Å²) in [6.07, 6.45) is 5.20. The molecule has 1 aliphatic carbocycles. The largest absolute Gasteiger partial charge is 0.340 e. The van der Waals surface area contributed by atoms with E-state index in [1.165, 1.54) is 11.1 Å². The Kier molecular flexibility index (Phi) is 3.75. The van der Waals surface area contributed by atoms with Crippen molar-refractivity contribution in [3.8, 4) is 0 Å². The summed E-state index contributed by atoms with van der Waals surface area (Å²) in [5.41, 5.74) is 9.04. The number of pyridine rings is 1. The third kappa shape index (κ3) is 2.72. The second kappa shape index (κ2) is 6.16. The lowest BCUT2D eigenvalue weighted by atomic mass is 9.91. The molecule has 2 N–H and O–H groups in total. The van der Waals surface area contributed by atoms with E-state index in [1.807, 2.05) is 45.8 Å². The van der Waals surface area contributed by atoms with Crippen molar-refractivity contribution in [2.75, 3.05) is 13.1 Å². The molecule has 0 saturated carbocycles. The lowest BCUT2D eigenvalue weighted by Gasteiger charge is -2.37. The molecule has 27 heavy (non-hydrogen) atoms. The number of nitrogens with two attached hydrogens (primary N) is 1. The van der Waals surface area contributed by atoms with Crippen molar-refractivity contribution in [1.82, 2.24) is 19.5 Å². The Hall–Kier alpha value is -2.73. The number of piperidine rings is 1. The van der Waals surface area contributed by atoms with Gasteiger partial charge >= 0.3 is 0 Å². The number of likely N-dealkylation sites (tertiary alicyclic amines) is 1. The average Bonchev–Trinajstić information content (AvgIpc) is 3.28. The van der Waals surface area contributed by atoms with E-state index in [2.05, 4.69) is 22.3 Å². The fourth-order valence-electron chi connectivity index (χ4n) is 4.62. The van der Waals surface area contributed by atoms with Gasteiger partial charge in [-0.3, -0.25) is 9.20 Å². The number of amides is 1. The van der Waals surface area contributed by atoms with Crippen LogP contribution in [-0.2, 0) is 17.6 Å². The summed E-state index contributed by atoms with van der Waals surface area (Å²) < 4.78 is 2.03. The zero-order valence-electron chi connectivity index (χ0n) is 15.2. The zero-order valence-corrected chi connectivity index (χ0v) is 15.2. The highest BCUT2D eigenvalue weighted by atomic mass is 16.2. The quantitative estimate of drug-likeness (QED) is 0.757. The van der Waals surface area contributed by atoms with E-state index in [0.29, 0.717) is 19.4 Å². The van der Waals surface area contributed by atoms with Gasteiger partial charge in [0.1, 0.15) is 11.4 Å². The molecule has 1 aliphatic heterocycles. The lowest BCUT2D eigenvalue weighted by molar-refractivity contribution is -0.138. The SMILES string of the molecule is NC1(C(=O)N2CCCC(c3nnc4ccccn34)C2)Cc2ccccc2C1. The summed E-state index contributed by atoms with van der Waals surface area (Å²) in [5.74, 6) is 1.19. The molecule has 1 saturated heterocycles. The van der Waals surface area contributed by atoms with Gasteiger partial charge < -0.3 is 10.6 Å². The molecule has 1 atom stereocenters. The molecule has 2 aromatic heterocycles. The van der Waals surface area contributed by atoms with Crippen LogP contribution in [-0.4, -0.2) is 44.0 Å². The smallest absolute Gasteiger partial charge is 0.243 e. The van der Waals surface area contributed by atoms with E-state index in [9.17, 15) is 4.79 Å². The normalized spacial score (nSPS) is 21.4. The van der Waals surface area contributed by atoms with Gasteiger partial charge in [-0.15, -0.1) is 10.2 Å². The van der Waals surface area contributed by atoms with Gasteiger partial charge in [-0.2, -0.15) is 0 Å². The third-order valence-corrected chi connectivity index (χ3v) is 5.97. The van der Waals surface area contributed by atoms with E-state index < -0.39 is 5.54 Å². The van der Waals surface area contributed by atoms with Crippen molar-refractivity contribution in [1.29, 1.82) is 0 Å². The molecule has 6 heteroatoms. The van der Waals surface area contributed by atoms with E-state index >= 15 is 0 Å². The van der Waals surface area contributed by atoms with Crippen LogP contribution in [0.5, 0.6) is 0 Å². The Balaban J connectivity index is 1.38. The molecular formula is C21H23N5O. The van der Waals surface area contributed by atoms with Crippen molar-refractivity contribution >= 4 is 11.6 Å². The van der Waals surface area contributed by atoms with Gasteiger partial charge in [-0.1, -0.05) is 30.3 Å². The number of benzene rings is 1. The fraction of sp³-hybridized carbons (Fsp3) is 0.381. The van der Waals surface area contributed by atoms with Crippen LogP contribution in [0.2, 0.25) is 0 Å². The minimum absolute atomic E-state index is 0.0669. The van der Waals surface area contributed by atoms with Crippen molar-refractivity contribution in [3.63, 3.8) is 0 Å². The molecule has 0 spiro atoms. The molecule has 1 fully saturated rings. The first-order valence-corrected chi connectivity index (χ1v) is 9.59. The number of rotatable bonds is 2. The van der Waals surface area contributed by atoms with Crippen molar-refractivity contribution in [2.45, 2.75) is 37.1 Å². The van der Waals surface area contributed by atoms with Gasteiger partial charge in [0.15, 0.2) is 5.65 Å². The maximum Gasteiger partial charge on any atom is 0.243 e. The van der Waals surface area contributed by atoms with E-state index in [1.54, 1.807) is 0 Å². The molecular weight excluding hydrogens is 338 g/mol. The fourth-order valence-corrected chi connectivity index (χ4v) is 4.62. The van der Waals surface area contributed by atoms with Crippen LogP contribution in [0.25, 0.3) is 5.65 Å². The number of nitrogens with zero attached hydrogens (tertiary/aromatic N) is 4. The molecule has 1 amide bonds. The van der Waals surface area contributed by atoms with Gasteiger partial charge in [-0.25, -0.2) is 0 Å². The van der Waals surface area contributed by atoms with Crippen molar-refractivity contribution < 1.29 is 4.79 Å². The predicted molar refractivity (Wildman–Crippen MR) is 102 cm³/mol. The van der Waals surface area contributed by atoms with Gasteiger partial charge in [0, 0.05) is 25.2 Å².